The van der Waals surface area contributed by atoms with E-state index in [-0.39, 0.29) is 0 Å². The Bertz CT molecular complexity index is 1270. The lowest BCUT2D eigenvalue weighted by atomic mass is 10.1. The standard InChI is InChI=1S/C23H24N6S/c1-15-9-11-19(12-10-15)14-28-18(4)21(17(3)27-28)13-24-29-22(25-26-23(29)30)20-8-6-5-7-16(20)2/h5-13H,14H2,1-4H3,(H,26,30). The molecule has 0 aliphatic carbocycles. The largest absolute Gasteiger partial charge is 0.265 e. The van der Waals surface area contributed by atoms with Crippen LogP contribution < -0.4 is 0 Å². The molecular weight excluding hydrogens is 392 g/mol. The van der Waals surface area contributed by atoms with Crippen molar-refractivity contribution >= 4 is 18.4 Å². The molecule has 152 valence electrons. The topological polar surface area (TPSA) is 63.8 Å². The van der Waals surface area contributed by atoms with Crippen molar-refractivity contribution in [1.29, 1.82) is 0 Å². The Morgan fingerprint density at radius 1 is 1.03 bits per heavy atom. The van der Waals surface area contributed by atoms with E-state index in [1.54, 1.807) is 4.68 Å². The van der Waals surface area contributed by atoms with E-state index < -0.39 is 0 Å². The van der Waals surface area contributed by atoms with Crippen molar-refractivity contribution in [2.75, 3.05) is 0 Å². The average Bonchev–Trinajstić information content (AvgIpc) is 3.21. The molecule has 0 unspecified atom stereocenters. The van der Waals surface area contributed by atoms with Crippen LogP contribution in [0.25, 0.3) is 11.4 Å². The molecule has 2 aromatic carbocycles. The van der Waals surface area contributed by atoms with Gasteiger partial charge in [-0.05, 0) is 51.0 Å². The van der Waals surface area contributed by atoms with Crippen LogP contribution >= 0.6 is 12.2 Å². The van der Waals surface area contributed by atoms with E-state index in [4.69, 9.17) is 17.3 Å². The van der Waals surface area contributed by atoms with Crippen molar-refractivity contribution in [2.45, 2.75) is 34.2 Å². The highest BCUT2D eigenvalue weighted by atomic mass is 32.1. The van der Waals surface area contributed by atoms with Crippen molar-refractivity contribution in [3.05, 3.63) is 86.9 Å². The molecule has 6 nitrogen and oxygen atoms in total. The molecule has 0 saturated heterocycles. The number of nitrogens with one attached hydrogen (secondary N) is 1. The Hall–Kier alpha value is -3.32. The van der Waals surface area contributed by atoms with E-state index in [9.17, 15) is 0 Å². The van der Waals surface area contributed by atoms with Crippen LogP contribution in [0.2, 0.25) is 0 Å². The highest BCUT2D eigenvalue weighted by Crippen LogP contribution is 2.21. The van der Waals surface area contributed by atoms with Gasteiger partial charge < -0.3 is 0 Å². The summed E-state index contributed by atoms with van der Waals surface area (Å²) in [5.74, 6) is 0.691. The van der Waals surface area contributed by atoms with Crippen LogP contribution in [-0.2, 0) is 6.54 Å². The number of aromatic amines is 1. The van der Waals surface area contributed by atoms with Crippen LogP contribution in [0.4, 0.5) is 0 Å². The molecule has 4 rings (SSSR count). The second kappa shape index (κ2) is 8.20. The van der Waals surface area contributed by atoms with Gasteiger partial charge in [0.05, 0.1) is 18.5 Å². The summed E-state index contributed by atoms with van der Waals surface area (Å²) in [6, 6.07) is 16.6. The lowest BCUT2D eigenvalue weighted by Gasteiger charge is -2.06. The highest BCUT2D eigenvalue weighted by molar-refractivity contribution is 7.71. The van der Waals surface area contributed by atoms with Crippen molar-refractivity contribution in [3.63, 3.8) is 0 Å². The van der Waals surface area contributed by atoms with Crippen LogP contribution in [0.15, 0.2) is 53.6 Å². The molecule has 0 atom stereocenters. The molecule has 0 radical (unpaired) electrons. The summed E-state index contributed by atoms with van der Waals surface area (Å²) < 4.78 is 4.12. The number of hydrogen-bond donors (Lipinski definition) is 1. The second-order valence-electron chi connectivity index (χ2n) is 7.45. The van der Waals surface area contributed by atoms with Gasteiger partial charge in [-0.1, -0.05) is 54.1 Å². The van der Waals surface area contributed by atoms with Gasteiger partial charge in [0, 0.05) is 16.8 Å². The van der Waals surface area contributed by atoms with Crippen molar-refractivity contribution in [3.8, 4) is 11.4 Å². The third-order valence-electron chi connectivity index (χ3n) is 5.23. The van der Waals surface area contributed by atoms with E-state index in [2.05, 4.69) is 53.4 Å². The Balaban J connectivity index is 1.67. The van der Waals surface area contributed by atoms with Gasteiger partial charge in [-0.2, -0.15) is 20.0 Å². The summed E-state index contributed by atoms with van der Waals surface area (Å²) in [5.41, 5.74) is 7.54. The van der Waals surface area contributed by atoms with Crippen molar-refractivity contribution < 1.29 is 0 Å². The summed E-state index contributed by atoms with van der Waals surface area (Å²) in [7, 11) is 0. The Morgan fingerprint density at radius 3 is 2.50 bits per heavy atom. The van der Waals surface area contributed by atoms with E-state index in [0.717, 1.165) is 34.6 Å². The minimum atomic E-state index is 0.451. The van der Waals surface area contributed by atoms with Crippen LogP contribution in [0.5, 0.6) is 0 Å². The van der Waals surface area contributed by atoms with Gasteiger partial charge in [0.15, 0.2) is 5.82 Å². The fourth-order valence-corrected chi connectivity index (χ4v) is 3.61. The van der Waals surface area contributed by atoms with Crippen LogP contribution in [0.1, 0.15) is 33.6 Å². The van der Waals surface area contributed by atoms with Crippen molar-refractivity contribution in [2.24, 2.45) is 5.10 Å². The number of aryl methyl sites for hydroxylation is 3. The first-order valence-electron chi connectivity index (χ1n) is 9.81. The van der Waals surface area contributed by atoms with E-state index in [1.165, 1.54) is 11.1 Å². The molecule has 30 heavy (non-hydrogen) atoms. The molecule has 0 bridgehead atoms. The maximum atomic E-state index is 5.41. The number of nitrogens with zero attached hydrogens (tertiary/aromatic N) is 5. The number of hydrogen-bond acceptors (Lipinski definition) is 4. The summed E-state index contributed by atoms with van der Waals surface area (Å²) in [5, 5.41) is 16.6. The van der Waals surface area contributed by atoms with Gasteiger partial charge in [-0.3, -0.25) is 4.68 Å². The highest BCUT2D eigenvalue weighted by Gasteiger charge is 2.13. The van der Waals surface area contributed by atoms with E-state index >= 15 is 0 Å². The summed E-state index contributed by atoms with van der Waals surface area (Å²) in [4.78, 5) is 0. The van der Waals surface area contributed by atoms with Crippen molar-refractivity contribution in [1.82, 2.24) is 24.7 Å². The maximum Gasteiger partial charge on any atom is 0.216 e. The molecule has 7 heteroatoms. The quantitative estimate of drug-likeness (QED) is 0.369. The van der Waals surface area contributed by atoms with Crippen LogP contribution in [-0.4, -0.2) is 30.9 Å². The minimum absolute atomic E-state index is 0.451. The molecule has 0 fully saturated rings. The Morgan fingerprint density at radius 2 is 1.77 bits per heavy atom. The van der Waals surface area contributed by atoms with E-state index in [0.29, 0.717) is 10.6 Å². The number of H-pyrrole nitrogens is 1. The molecule has 1 N–H and O–H groups in total. The SMILES string of the molecule is Cc1ccc(Cn2nc(C)c(C=Nn3c(-c4ccccc4C)n[nH]c3=S)c2C)cc1. The summed E-state index contributed by atoms with van der Waals surface area (Å²) in [6.07, 6.45) is 1.82. The van der Waals surface area contributed by atoms with E-state index in [1.807, 2.05) is 49.0 Å². The zero-order chi connectivity index (χ0) is 21.3. The molecular formula is C23H24N6S. The average molecular weight is 417 g/mol. The summed E-state index contributed by atoms with van der Waals surface area (Å²) >= 11 is 5.41. The number of rotatable bonds is 5. The Kier molecular flexibility index (Phi) is 5.46. The second-order valence-corrected chi connectivity index (χ2v) is 7.84. The predicted octanol–water partition coefficient (Wildman–Crippen LogP) is 4.97. The lowest BCUT2D eigenvalue weighted by Crippen LogP contribution is -2.04. The molecule has 4 aromatic rings. The molecule has 0 spiro atoms. The van der Waals surface area contributed by atoms with Gasteiger partial charge in [-0.15, -0.1) is 0 Å². The normalized spacial score (nSPS) is 11.5. The summed E-state index contributed by atoms with van der Waals surface area (Å²) in [6.45, 7) is 8.92. The molecule has 0 saturated carbocycles. The fraction of sp³-hybridized carbons (Fsp3) is 0.217. The number of benzene rings is 2. The zero-order valence-electron chi connectivity index (χ0n) is 17.5. The monoisotopic (exact) mass is 416 g/mol. The molecule has 2 heterocycles. The van der Waals surface area contributed by atoms with Gasteiger partial charge in [0.2, 0.25) is 4.77 Å². The molecule has 0 aliphatic heterocycles. The third kappa shape index (κ3) is 3.89. The lowest BCUT2D eigenvalue weighted by molar-refractivity contribution is 0.659. The van der Waals surface area contributed by atoms with Crippen LogP contribution in [0.3, 0.4) is 0 Å². The zero-order valence-corrected chi connectivity index (χ0v) is 18.4. The fourth-order valence-electron chi connectivity index (χ4n) is 3.43. The molecule has 0 amide bonds. The molecule has 2 aromatic heterocycles. The smallest absolute Gasteiger partial charge is 0.216 e. The first kappa shape index (κ1) is 20.0. The van der Waals surface area contributed by atoms with Crippen LogP contribution in [0, 0.1) is 32.5 Å². The first-order chi connectivity index (χ1) is 14.4. The molecule has 0 aliphatic rings. The minimum Gasteiger partial charge on any atom is -0.265 e. The van der Waals surface area contributed by atoms with Gasteiger partial charge in [-0.25, -0.2) is 5.10 Å². The maximum absolute atomic E-state index is 5.41. The van der Waals surface area contributed by atoms with Gasteiger partial charge >= 0.3 is 0 Å². The first-order valence-corrected chi connectivity index (χ1v) is 10.2. The number of aromatic nitrogens is 5. The van der Waals surface area contributed by atoms with Gasteiger partial charge in [0.25, 0.3) is 0 Å². The van der Waals surface area contributed by atoms with Gasteiger partial charge in [0.1, 0.15) is 0 Å². The Labute approximate surface area is 180 Å². The third-order valence-corrected chi connectivity index (χ3v) is 5.49. The predicted molar refractivity (Wildman–Crippen MR) is 123 cm³/mol.